The third kappa shape index (κ3) is 15.7. The van der Waals surface area contributed by atoms with Crippen molar-refractivity contribution in [2.45, 2.75) is 38.5 Å². The molecule has 0 atom stereocenters. The molecule has 0 saturated carbocycles. The second kappa shape index (κ2) is 14.0. The number of carbonyl (C=O) groups excluding carboxylic acids is 2. The molecule has 12 nitrogen and oxygen atoms in total. The number of hydrogen-bond donors (Lipinski definition) is 0. The lowest BCUT2D eigenvalue weighted by Gasteiger charge is -2.06. The van der Waals surface area contributed by atoms with Crippen LogP contribution in [0.4, 0.5) is 0 Å². The first kappa shape index (κ1) is 21.3. The first-order valence-corrected chi connectivity index (χ1v) is 7.27. The van der Waals surface area contributed by atoms with E-state index in [1.54, 1.807) is 0 Å². The fourth-order valence-corrected chi connectivity index (χ4v) is 1.41. The molecule has 0 aliphatic carbocycles. The molecule has 0 fully saturated rings. The van der Waals surface area contributed by atoms with Crippen molar-refractivity contribution >= 4 is 11.9 Å². The summed E-state index contributed by atoms with van der Waals surface area (Å²) in [5, 5.41) is 17.9. The van der Waals surface area contributed by atoms with E-state index < -0.39 is 22.1 Å². The number of nitrogens with zero attached hydrogens (tertiary/aromatic N) is 2. The minimum atomic E-state index is -0.896. The Morgan fingerprint density at radius 2 is 1.00 bits per heavy atom. The Morgan fingerprint density at radius 1 is 0.667 bits per heavy atom. The zero-order valence-electron chi connectivity index (χ0n) is 13.0. The highest BCUT2D eigenvalue weighted by Gasteiger charge is 2.09. The van der Waals surface area contributed by atoms with E-state index in [-0.39, 0.29) is 39.3 Å². The third-order valence-electron chi connectivity index (χ3n) is 2.53. The molecule has 0 aliphatic rings. The lowest BCUT2D eigenvalue weighted by molar-refractivity contribution is -0.757. The van der Waals surface area contributed by atoms with E-state index in [2.05, 4.69) is 9.68 Å². The van der Waals surface area contributed by atoms with Crippen molar-refractivity contribution < 1.29 is 38.9 Å². The summed E-state index contributed by atoms with van der Waals surface area (Å²) in [7, 11) is 0. The standard InChI is InChI=1S/C12H20N2O10/c15-11(21-7-1-3-9-23-13(17)18)5-6-12(16)22-8-2-4-10-24-14(19)20/h1-10H2. The largest absolute Gasteiger partial charge is 0.466 e. The number of carbonyl (C=O) groups is 2. The van der Waals surface area contributed by atoms with Gasteiger partial charge in [-0.15, -0.1) is 20.2 Å². The molecule has 0 spiro atoms. The summed E-state index contributed by atoms with van der Waals surface area (Å²) in [5.74, 6) is -1.14. The molecule has 0 unspecified atom stereocenters. The molecule has 0 aromatic carbocycles. The predicted molar refractivity (Wildman–Crippen MR) is 75.5 cm³/mol. The van der Waals surface area contributed by atoms with Gasteiger partial charge in [-0.05, 0) is 25.7 Å². The van der Waals surface area contributed by atoms with Gasteiger partial charge in [-0.25, -0.2) is 0 Å². The monoisotopic (exact) mass is 352 g/mol. The van der Waals surface area contributed by atoms with E-state index in [9.17, 15) is 29.8 Å². The molecule has 24 heavy (non-hydrogen) atoms. The van der Waals surface area contributed by atoms with Crippen LogP contribution in [0.1, 0.15) is 38.5 Å². The molecule has 0 aliphatic heterocycles. The highest BCUT2D eigenvalue weighted by atomic mass is 17.0. The molecule has 138 valence electrons. The average Bonchev–Trinajstić information content (AvgIpc) is 2.51. The Morgan fingerprint density at radius 3 is 1.33 bits per heavy atom. The minimum Gasteiger partial charge on any atom is -0.466 e. The SMILES string of the molecule is O=C(CCC(=O)OCCCCO[N+](=O)[O-])OCCCCO[N+](=O)[O-]. The van der Waals surface area contributed by atoms with Crippen molar-refractivity contribution in [3.8, 4) is 0 Å². The normalized spacial score (nSPS) is 9.83. The van der Waals surface area contributed by atoms with Gasteiger partial charge in [0.05, 0.1) is 39.3 Å². The maximum Gasteiger partial charge on any atom is 0.306 e. The van der Waals surface area contributed by atoms with E-state index in [0.717, 1.165) is 0 Å². The van der Waals surface area contributed by atoms with Crippen molar-refractivity contribution in [3.63, 3.8) is 0 Å². The van der Waals surface area contributed by atoms with Gasteiger partial charge in [0.25, 0.3) is 10.2 Å². The van der Waals surface area contributed by atoms with Crippen LogP contribution in [0.3, 0.4) is 0 Å². The fourth-order valence-electron chi connectivity index (χ4n) is 1.41. The van der Waals surface area contributed by atoms with Crippen LogP contribution < -0.4 is 0 Å². The third-order valence-corrected chi connectivity index (χ3v) is 2.53. The lowest BCUT2D eigenvalue weighted by Crippen LogP contribution is -2.12. The molecular formula is C12H20N2O10. The lowest BCUT2D eigenvalue weighted by atomic mass is 10.3. The molecule has 0 radical (unpaired) electrons. The average molecular weight is 352 g/mol. The van der Waals surface area contributed by atoms with Crippen LogP contribution in [0.15, 0.2) is 0 Å². The van der Waals surface area contributed by atoms with Crippen molar-refractivity contribution in [2.24, 2.45) is 0 Å². The van der Waals surface area contributed by atoms with Crippen LogP contribution in [0.2, 0.25) is 0 Å². The first-order chi connectivity index (χ1) is 11.4. The van der Waals surface area contributed by atoms with E-state index in [1.165, 1.54) is 0 Å². The summed E-state index contributed by atoms with van der Waals surface area (Å²) in [6, 6.07) is 0. The molecular weight excluding hydrogens is 332 g/mol. The van der Waals surface area contributed by atoms with Crippen LogP contribution in [-0.4, -0.2) is 48.5 Å². The van der Waals surface area contributed by atoms with Gasteiger partial charge in [-0.2, -0.15) is 0 Å². The topological polar surface area (TPSA) is 157 Å². The maximum absolute atomic E-state index is 11.3. The van der Waals surface area contributed by atoms with Crippen LogP contribution in [-0.2, 0) is 28.7 Å². The summed E-state index contributed by atoms with van der Waals surface area (Å²) in [4.78, 5) is 50.5. The molecule has 0 aromatic heterocycles. The molecule has 0 rings (SSSR count). The van der Waals surface area contributed by atoms with Gasteiger partial charge in [0.1, 0.15) is 0 Å². The molecule has 0 amide bonds. The zero-order chi connectivity index (χ0) is 18.2. The Hall–Kier alpha value is -2.66. The quantitative estimate of drug-likeness (QED) is 0.179. The number of esters is 2. The van der Waals surface area contributed by atoms with E-state index >= 15 is 0 Å². The summed E-state index contributed by atoms with van der Waals surface area (Å²) in [6.45, 7) is 0.0456. The van der Waals surface area contributed by atoms with Gasteiger partial charge in [0.15, 0.2) is 0 Å². The molecule has 0 aromatic rings. The number of rotatable bonds is 15. The second-order valence-corrected chi connectivity index (χ2v) is 4.47. The first-order valence-electron chi connectivity index (χ1n) is 7.27. The van der Waals surface area contributed by atoms with Gasteiger partial charge >= 0.3 is 11.9 Å². The maximum atomic E-state index is 11.3. The van der Waals surface area contributed by atoms with E-state index in [1.807, 2.05) is 0 Å². The Bertz CT molecular complexity index is 377. The highest BCUT2D eigenvalue weighted by molar-refractivity contribution is 5.77. The Kier molecular flexibility index (Phi) is 12.4. The van der Waals surface area contributed by atoms with Gasteiger partial charge in [-0.3, -0.25) is 9.59 Å². The van der Waals surface area contributed by atoms with E-state index in [0.29, 0.717) is 25.7 Å². The van der Waals surface area contributed by atoms with Gasteiger partial charge in [0.2, 0.25) is 0 Å². The molecule has 0 bridgehead atoms. The van der Waals surface area contributed by atoms with Crippen molar-refractivity contribution in [1.29, 1.82) is 0 Å². The summed E-state index contributed by atoms with van der Waals surface area (Å²) >= 11 is 0. The fraction of sp³-hybridized carbons (Fsp3) is 0.833. The molecule has 12 heteroatoms. The number of ether oxygens (including phenoxy) is 2. The van der Waals surface area contributed by atoms with Crippen molar-refractivity contribution in [1.82, 2.24) is 0 Å². The molecule has 0 saturated heterocycles. The van der Waals surface area contributed by atoms with Gasteiger partial charge in [0, 0.05) is 0 Å². The number of unbranched alkanes of at least 4 members (excludes halogenated alkanes) is 2. The number of hydrogen-bond acceptors (Lipinski definition) is 10. The van der Waals surface area contributed by atoms with Gasteiger partial charge in [-0.1, -0.05) is 0 Å². The summed E-state index contributed by atoms with van der Waals surface area (Å²) < 4.78 is 9.65. The summed E-state index contributed by atoms with van der Waals surface area (Å²) in [6.07, 6.45) is 1.31. The van der Waals surface area contributed by atoms with Crippen molar-refractivity contribution in [2.75, 3.05) is 26.4 Å². The molecule has 0 heterocycles. The van der Waals surface area contributed by atoms with Crippen molar-refractivity contribution in [3.05, 3.63) is 20.2 Å². The highest BCUT2D eigenvalue weighted by Crippen LogP contribution is 2.00. The zero-order valence-corrected chi connectivity index (χ0v) is 13.0. The van der Waals surface area contributed by atoms with Crippen LogP contribution in [0.5, 0.6) is 0 Å². The van der Waals surface area contributed by atoms with Crippen LogP contribution in [0.25, 0.3) is 0 Å². The minimum absolute atomic E-state index is 0.0659. The van der Waals surface area contributed by atoms with Crippen LogP contribution >= 0.6 is 0 Å². The molecule has 0 N–H and O–H groups in total. The van der Waals surface area contributed by atoms with Gasteiger partial charge < -0.3 is 19.1 Å². The van der Waals surface area contributed by atoms with E-state index in [4.69, 9.17) is 9.47 Å². The second-order valence-electron chi connectivity index (χ2n) is 4.47. The van der Waals surface area contributed by atoms with Crippen LogP contribution in [0, 0.1) is 20.2 Å². The Balaban J connectivity index is 3.43. The smallest absolute Gasteiger partial charge is 0.306 e. The Labute approximate surface area is 137 Å². The summed E-state index contributed by atoms with van der Waals surface area (Å²) in [5.41, 5.74) is 0. The predicted octanol–water partition coefficient (Wildman–Crippen LogP) is 0.830.